The second-order valence-corrected chi connectivity index (χ2v) is 4.64. The van der Waals surface area contributed by atoms with Crippen LogP contribution in [0.5, 0.6) is 5.75 Å². The molecule has 0 bridgehead atoms. The van der Waals surface area contributed by atoms with Crippen LogP contribution in [-0.2, 0) is 4.79 Å². The van der Waals surface area contributed by atoms with Crippen molar-refractivity contribution in [2.24, 2.45) is 0 Å². The van der Waals surface area contributed by atoms with Crippen LogP contribution < -0.4 is 10.1 Å². The van der Waals surface area contributed by atoms with Gasteiger partial charge in [-0.1, -0.05) is 25.1 Å². The third-order valence-corrected chi connectivity index (χ3v) is 2.83. The van der Waals surface area contributed by atoms with Crippen molar-refractivity contribution in [3.63, 3.8) is 0 Å². The van der Waals surface area contributed by atoms with E-state index in [-0.39, 0.29) is 12.5 Å². The summed E-state index contributed by atoms with van der Waals surface area (Å²) in [5.41, 5.74) is -0.873. The number of amides is 1. The van der Waals surface area contributed by atoms with E-state index in [4.69, 9.17) is 4.74 Å². The monoisotopic (exact) mass is 251 g/mol. The molecule has 0 spiro atoms. The van der Waals surface area contributed by atoms with Crippen molar-refractivity contribution in [1.82, 2.24) is 5.32 Å². The predicted molar refractivity (Wildman–Crippen MR) is 70.5 cm³/mol. The quantitative estimate of drug-likeness (QED) is 0.809. The number of ether oxygens (including phenoxy) is 1. The van der Waals surface area contributed by atoms with Crippen molar-refractivity contribution >= 4 is 5.91 Å². The van der Waals surface area contributed by atoms with Crippen molar-refractivity contribution in [2.45, 2.75) is 38.9 Å². The van der Waals surface area contributed by atoms with Gasteiger partial charge in [0.2, 0.25) is 0 Å². The number of para-hydroxylation sites is 1. The van der Waals surface area contributed by atoms with Crippen LogP contribution in [0.4, 0.5) is 0 Å². The minimum Gasteiger partial charge on any atom is -0.481 e. The Morgan fingerprint density at radius 2 is 2.06 bits per heavy atom. The number of carbonyl (C=O) groups excluding carboxylic acids is 1. The highest BCUT2D eigenvalue weighted by molar-refractivity contribution is 5.80. The Labute approximate surface area is 108 Å². The van der Waals surface area contributed by atoms with Crippen LogP contribution in [-0.4, -0.2) is 29.3 Å². The lowest BCUT2D eigenvalue weighted by Crippen LogP contribution is -2.44. The van der Waals surface area contributed by atoms with Gasteiger partial charge in [0.15, 0.2) is 6.10 Å². The Bertz CT molecular complexity index is 376. The Morgan fingerprint density at radius 1 is 1.44 bits per heavy atom. The molecule has 2 N–H and O–H groups in total. The van der Waals surface area contributed by atoms with Crippen LogP contribution in [0, 0.1) is 0 Å². The summed E-state index contributed by atoms with van der Waals surface area (Å²) in [4.78, 5) is 11.8. The highest BCUT2D eigenvalue weighted by atomic mass is 16.5. The Balaban J connectivity index is 2.43. The van der Waals surface area contributed by atoms with Gasteiger partial charge in [-0.3, -0.25) is 4.79 Å². The highest BCUT2D eigenvalue weighted by Crippen LogP contribution is 2.11. The molecule has 4 heteroatoms. The van der Waals surface area contributed by atoms with E-state index in [1.807, 2.05) is 25.1 Å². The van der Waals surface area contributed by atoms with Gasteiger partial charge in [0.1, 0.15) is 5.75 Å². The summed E-state index contributed by atoms with van der Waals surface area (Å²) < 4.78 is 5.48. The maximum absolute atomic E-state index is 11.8. The molecule has 0 radical (unpaired) electrons. The molecule has 0 fully saturated rings. The summed E-state index contributed by atoms with van der Waals surface area (Å²) in [7, 11) is 0. The van der Waals surface area contributed by atoms with Crippen molar-refractivity contribution < 1.29 is 14.6 Å². The Morgan fingerprint density at radius 3 is 2.61 bits per heavy atom. The van der Waals surface area contributed by atoms with Gasteiger partial charge in [-0.25, -0.2) is 0 Å². The van der Waals surface area contributed by atoms with Crippen LogP contribution in [0.15, 0.2) is 30.3 Å². The predicted octanol–water partition coefficient (Wildman–Crippen LogP) is 1.73. The minimum atomic E-state index is -0.873. The molecule has 2 unspecified atom stereocenters. The molecule has 0 heterocycles. The maximum atomic E-state index is 11.8. The molecule has 1 amide bonds. The van der Waals surface area contributed by atoms with Gasteiger partial charge in [0.05, 0.1) is 5.60 Å². The summed E-state index contributed by atoms with van der Waals surface area (Å²) in [6.07, 6.45) is 0.00125. The van der Waals surface area contributed by atoms with E-state index in [1.54, 1.807) is 26.0 Å². The molecule has 0 aliphatic heterocycles. The van der Waals surface area contributed by atoms with Gasteiger partial charge in [-0.05, 0) is 32.4 Å². The first-order valence-corrected chi connectivity index (χ1v) is 6.16. The van der Waals surface area contributed by atoms with Crippen LogP contribution in [0.2, 0.25) is 0 Å². The minimum absolute atomic E-state index is 0.227. The fourth-order valence-electron chi connectivity index (χ4n) is 1.30. The Hall–Kier alpha value is -1.55. The van der Waals surface area contributed by atoms with E-state index in [2.05, 4.69) is 5.32 Å². The molecule has 0 aliphatic rings. The molecular weight excluding hydrogens is 230 g/mol. The molecule has 0 aromatic heterocycles. The molecule has 1 aromatic carbocycles. The molecule has 18 heavy (non-hydrogen) atoms. The fraction of sp³-hybridized carbons (Fsp3) is 0.500. The van der Waals surface area contributed by atoms with E-state index in [1.165, 1.54) is 0 Å². The SMILES string of the molecule is CCC(C)(O)CNC(=O)C(C)Oc1ccccc1. The molecule has 0 saturated carbocycles. The maximum Gasteiger partial charge on any atom is 0.260 e. The van der Waals surface area contributed by atoms with E-state index >= 15 is 0 Å². The van der Waals surface area contributed by atoms with Crippen LogP contribution in [0.1, 0.15) is 27.2 Å². The van der Waals surface area contributed by atoms with Gasteiger partial charge in [0, 0.05) is 6.54 Å². The number of hydrogen-bond acceptors (Lipinski definition) is 3. The van der Waals surface area contributed by atoms with Crippen LogP contribution in [0.3, 0.4) is 0 Å². The van der Waals surface area contributed by atoms with E-state index < -0.39 is 11.7 Å². The zero-order valence-corrected chi connectivity index (χ0v) is 11.1. The van der Waals surface area contributed by atoms with E-state index in [9.17, 15) is 9.90 Å². The first kappa shape index (κ1) is 14.5. The molecule has 4 nitrogen and oxygen atoms in total. The second kappa shape index (κ2) is 6.40. The summed E-state index contributed by atoms with van der Waals surface area (Å²) >= 11 is 0. The lowest BCUT2D eigenvalue weighted by atomic mass is 10.0. The molecule has 0 aliphatic carbocycles. The van der Waals surface area contributed by atoms with Crippen molar-refractivity contribution in [3.8, 4) is 5.75 Å². The van der Waals surface area contributed by atoms with Crippen LogP contribution >= 0.6 is 0 Å². The third kappa shape index (κ3) is 4.75. The van der Waals surface area contributed by atoms with Gasteiger partial charge in [-0.2, -0.15) is 0 Å². The number of nitrogens with one attached hydrogen (secondary N) is 1. The number of carbonyl (C=O) groups is 1. The zero-order valence-electron chi connectivity index (χ0n) is 11.1. The smallest absolute Gasteiger partial charge is 0.260 e. The lowest BCUT2D eigenvalue weighted by Gasteiger charge is -2.23. The molecular formula is C14H21NO3. The topological polar surface area (TPSA) is 58.6 Å². The van der Waals surface area contributed by atoms with Gasteiger partial charge >= 0.3 is 0 Å². The Kier molecular flexibility index (Phi) is 5.16. The molecule has 100 valence electrons. The van der Waals surface area contributed by atoms with Crippen molar-refractivity contribution in [1.29, 1.82) is 0 Å². The van der Waals surface area contributed by atoms with E-state index in [0.717, 1.165) is 0 Å². The largest absolute Gasteiger partial charge is 0.481 e. The molecule has 2 atom stereocenters. The number of benzene rings is 1. The fourth-order valence-corrected chi connectivity index (χ4v) is 1.30. The van der Waals surface area contributed by atoms with Crippen molar-refractivity contribution in [3.05, 3.63) is 30.3 Å². The molecule has 1 aromatic rings. The summed E-state index contributed by atoms with van der Waals surface area (Å²) in [6, 6.07) is 9.18. The average Bonchev–Trinajstić information content (AvgIpc) is 2.37. The average molecular weight is 251 g/mol. The van der Waals surface area contributed by atoms with Crippen LogP contribution in [0.25, 0.3) is 0 Å². The highest BCUT2D eigenvalue weighted by Gasteiger charge is 2.21. The van der Waals surface area contributed by atoms with Gasteiger partial charge in [0.25, 0.3) is 5.91 Å². The normalized spacial score (nSPS) is 15.6. The standard InChI is InChI=1S/C14H21NO3/c1-4-14(3,17)10-15-13(16)11(2)18-12-8-6-5-7-9-12/h5-9,11,17H,4,10H2,1-3H3,(H,15,16). The molecule has 0 saturated heterocycles. The summed E-state index contributed by atoms with van der Waals surface area (Å²) in [6.45, 7) is 5.47. The zero-order chi connectivity index (χ0) is 13.6. The first-order valence-electron chi connectivity index (χ1n) is 6.16. The lowest BCUT2D eigenvalue weighted by molar-refractivity contribution is -0.128. The summed E-state index contributed by atoms with van der Waals surface area (Å²) in [5, 5.41) is 12.5. The number of aliphatic hydroxyl groups is 1. The first-order chi connectivity index (χ1) is 8.44. The number of rotatable bonds is 6. The number of hydrogen-bond donors (Lipinski definition) is 2. The molecule has 1 rings (SSSR count). The van der Waals surface area contributed by atoms with Gasteiger partial charge < -0.3 is 15.2 Å². The summed E-state index contributed by atoms with van der Waals surface area (Å²) in [5.74, 6) is 0.426. The van der Waals surface area contributed by atoms with Gasteiger partial charge in [-0.15, -0.1) is 0 Å². The third-order valence-electron chi connectivity index (χ3n) is 2.83. The van der Waals surface area contributed by atoms with Crippen molar-refractivity contribution in [2.75, 3.05) is 6.54 Å². The second-order valence-electron chi connectivity index (χ2n) is 4.64. The van der Waals surface area contributed by atoms with E-state index in [0.29, 0.717) is 12.2 Å².